The van der Waals surface area contributed by atoms with Gasteiger partial charge in [-0.2, -0.15) is 13.2 Å². The Hall–Kier alpha value is -1.76. The zero-order valence-electron chi connectivity index (χ0n) is 11.2. The van der Waals surface area contributed by atoms with Gasteiger partial charge in [0, 0.05) is 0 Å². The third kappa shape index (κ3) is 4.73. The van der Waals surface area contributed by atoms with Gasteiger partial charge in [-0.25, -0.2) is 0 Å². The van der Waals surface area contributed by atoms with Crippen LogP contribution in [0.5, 0.6) is 5.75 Å². The lowest BCUT2D eigenvalue weighted by Crippen LogP contribution is -2.44. The van der Waals surface area contributed by atoms with Crippen molar-refractivity contribution < 1.29 is 22.7 Å². The highest BCUT2D eigenvalue weighted by Crippen LogP contribution is 2.35. The standard InChI is InChI=1S/C13H17F3N2O2/c1-8(18-12(19)9(2)17)7-20-11-6-4-3-5-10(11)13(14,15)16/h3-6,8-9H,7,17H2,1-2H3,(H,18,19)/t8?,9-/m0/s1. The van der Waals surface area contributed by atoms with Crippen LogP contribution in [0, 0.1) is 0 Å². The van der Waals surface area contributed by atoms with Gasteiger partial charge in [0.2, 0.25) is 5.91 Å². The number of nitrogens with two attached hydrogens (primary N) is 1. The third-order valence-electron chi connectivity index (χ3n) is 2.48. The molecule has 112 valence electrons. The Kier molecular flexibility index (Phi) is 5.38. The molecule has 0 aromatic heterocycles. The van der Waals surface area contributed by atoms with E-state index < -0.39 is 23.8 Å². The largest absolute Gasteiger partial charge is 0.491 e. The van der Waals surface area contributed by atoms with Crippen LogP contribution in [-0.2, 0) is 11.0 Å². The molecule has 0 bridgehead atoms. The number of carbonyl (C=O) groups excluding carboxylic acids is 1. The second kappa shape index (κ2) is 6.60. The number of rotatable bonds is 5. The molecule has 1 unspecified atom stereocenters. The Morgan fingerprint density at radius 1 is 1.35 bits per heavy atom. The number of nitrogens with one attached hydrogen (secondary N) is 1. The van der Waals surface area contributed by atoms with Gasteiger partial charge in [0.15, 0.2) is 0 Å². The molecule has 0 aliphatic heterocycles. The molecule has 0 spiro atoms. The second-order valence-electron chi connectivity index (χ2n) is 4.50. The first-order valence-corrected chi connectivity index (χ1v) is 6.06. The lowest BCUT2D eigenvalue weighted by atomic mass is 10.2. The lowest BCUT2D eigenvalue weighted by Gasteiger charge is -2.18. The van der Waals surface area contributed by atoms with Crippen LogP contribution >= 0.6 is 0 Å². The number of hydrogen-bond donors (Lipinski definition) is 2. The van der Waals surface area contributed by atoms with Gasteiger partial charge in [-0.3, -0.25) is 4.79 Å². The van der Waals surface area contributed by atoms with Gasteiger partial charge in [-0.15, -0.1) is 0 Å². The number of amides is 1. The summed E-state index contributed by atoms with van der Waals surface area (Å²) in [5.41, 5.74) is 4.53. The summed E-state index contributed by atoms with van der Waals surface area (Å²) in [5, 5.41) is 2.54. The average molecular weight is 290 g/mol. The molecule has 1 aromatic rings. The van der Waals surface area contributed by atoms with Crippen molar-refractivity contribution in [2.75, 3.05) is 6.61 Å². The van der Waals surface area contributed by atoms with Crippen LogP contribution in [0.4, 0.5) is 13.2 Å². The van der Waals surface area contributed by atoms with Gasteiger partial charge in [-0.1, -0.05) is 12.1 Å². The maximum absolute atomic E-state index is 12.7. The normalized spacial score (nSPS) is 14.5. The molecule has 1 amide bonds. The molecule has 2 atom stereocenters. The predicted octanol–water partition coefficient (Wildman–Crippen LogP) is 1.94. The SMILES string of the molecule is CC(COc1ccccc1C(F)(F)F)NC(=O)[C@H](C)N. The molecule has 0 aliphatic rings. The highest BCUT2D eigenvalue weighted by atomic mass is 19.4. The van der Waals surface area contributed by atoms with Crippen molar-refractivity contribution in [3.05, 3.63) is 29.8 Å². The summed E-state index contributed by atoms with van der Waals surface area (Å²) in [5.74, 6) is -0.646. The zero-order chi connectivity index (χ0) is 15.3. The van der Waals surface area contributed by atoms with Crippen molar-refractivity contribution in [3.8, 4) is 5.75 Å². The molecule has 0 aliphatic carbocycles. The van der Waals surface area contributed by atoms with Crippen LogP contribution in [-0.4, -0.2) is 24.6 Å². The van der Waals surface area contributed by atoms with E-state index in [0.29, 0.717) is 0 Å². The topological polar surface area (TPSA) is 64.3 Å². The number of hydrogen-bond acceptors (Lipinski definition) is 3. The first kappa shape index (κ1) is 16.3. The van der Waals surface area contributed by atoms with Gasteiger partial charge in [0.05, 0.1) is 17.6 Å². The molecule has 1 aromatic carbocycles. The van der Waals surface area contributed by atoms with Gasteiger partial charge in [0.25, 0.3) is 0 Å². The summed E-state index contributed by atoms with van der Waals surface area (Å²) in [6, 6.07) is 3.80. The third-order valence-corrected chi connectivity index (χ3v) is 2.48. The van der Waals surface area contributed by atoms with Crippen molar-refractivity contribution in [2.45, 2.75) is 32.1 Å². The minimum absolute atomic E-state index is 0.0778. The molecule has 3 N–H and O–H groups in total. The first-order valence-electron chi connectivity index (χ1n) is 6.06. The number of ether oxygens (including phenoxy) is 1. The molecule has 20 heavy (non-hydrogen) atoms. The van der Waals surface area contributed by atoms with Crippen LogP contribution in [0.25, 0.3) is 0 Å². The second-order valence-corrected chi connectivity index (χ2v) is 4.50. The number of benzene rings is 1. The van der Waals surface area contributed by atoms with Gasteiger partial charge in [0.1, 0.15) is 12.4 Å². The van der Waals surface area contributed by atoms with Gasteiger partial charge >= 0.3 is 6.18 Å². The molecule has 0 radical (unpaired) electrons. The monoisotopic (exact) mass is 290 g/mol. The minimum atomic E-state index is -4.48. The Morgan fingerprint density at radius 2 is 1.95 bits per heavy atom. The van der Waals surface area contributed by atoms with E-state index in [2.05, 4.69) is 5.32 Å². The fourth-order valence-corrected chi connectivity index (χ4v) is 1.46. The number of para-hydroxylation sites is 1. The van der Waals surface area contributed by atoms with E-state index in [1.807, 2.05) is 0 Å². The number of carbonyl (C=O) groups is 1. The Bertz CT molecular complexity index is 461. The summed E-state index contributed by atoms with van der Waals surface area (Å²) in [6.07, 6.45) is -4.48. The summed E-state index contributed by atoms with van der Waals surface area (Å²) in [7, 11) is 0. The van der Waals surface area contributed by atoms with Crippen LogP contribution < -0.4 is 15.8 Å². The zero-order valence-corrected chi connectivity index (χ0v) is 11.2. The molecule has 0 fully saturated rings. The number of alkyl halides is 3. The molecule has 0 heterocycles. The van der Waals surface area contributed by atoms with Crippen LogP contribution in [0.1, 0.15) is 19.4 Å². The average Bonchev–Trinajstić information content (AvgIpc) is 2.35. The van der Waals surface area contributed by atoms with E-state index >= 15 is 0 Å². The molecule has 0 saturated carbocycles. The highest BCUT2D eigenvalue weighted by Gasteiger charge is 2.34. The predicted molar refractivity (Wildman–Crippen MR) is 68.2 cm³/mol. The van der Waals surface area contributed by atoms with Crippen LogP contribution in [0.3, 0.4) is 0 Å². The molecule has 1 rings (SSSR count). The van der Waals surface area contributed by atoms with E-state index in [1.165, 1.54) is 25.1 Å². The quantitative estimate of drug-likeness (QED) is 0.871. The molecular formula is C13H17F3N2O2. The van der Waals surface area contributed by atoms with Crippen LogP contribution in [0.15, 0.2) is 24.3 Å². The Morgan fingerprint density at radius 3 is 2.50 bits per heavy atom. The smallest absolute Gasteiger partial charge is 0.419 e. The Labute approximate surface area is 115 Å². The van der Waals surface area contributed by atoms with E-state index in [-0.39, 0.29) is 18.3 Å². The lowest BCUT2D eigenvalue weighted by molar-refractivity contribution is -0.139. The van der Waals surface area contributed by atoms with Gasteiger partial charge in [-0.05, 0) is 26.0 Å². The van der Waals surface area contributed by atoms with E-state index in [1.54, 1.807) is 6.92 Å². The van der Waals surface area contributed by atoms with Crippen molar-refractivity contribution in [1.29, 1.82) is 0 Å². The fraction of sp³-hybridized carbons (Fsp3) is 0.462. The molecular weight excluding hydrogens is 273 g/mol. The Balaban J connectivity index is 2.64. The molecule has 4 nitrogen and oxygen atoms in total. The van der Waals surface area contributed by atoms with E-state index in [4.69, 9.17) is 10.5 Å². The van der Waals surface area contributed by atoms with Crippen molar-refractivity contribution in [2.24, 2.45) is 5.73 Å². The fourth-order valence-electron chi connectivity index (χ4n) is 1.46. The molecule has 7 heteroatoms. The minimum Gasteiger partial charge on any atom is -0.491 e. The van der Waals surface area contributed by atoms with Crippen molar-refractivity contribution in [3.63, 3.8) is 0 Å². The van der Waals surface area contributed by atoms with Gasteiger partial charge < -0.3 is 15.8 Å². The van der Waals surface area contributed by atoms with Crippen LogP contribution in [0.2, 0.25) is 0 Å². The maximum Gasteiger partial charge on any atom is 0.419 e. The summed E-state index contributed by atoms with van der Waals surface area (Å²) in [4.78, 5) is 11.3. The highest BCUT2D eigenvalue weighted by molar-refractivity contribution is 5.81. The first-order chi connectivity index (χ1) is 9.21. The van der Waals surface area contributed by atoms with E-state index in [9.17, 15) is 18.0 Å². The van der Waals surface area contributed by atoms with E-state index in [0.717, 1.165) is 6.07 Å². The summed E-state index contributed by atoms with van der Waals surface area (Å²) >= 11 is 0. The number of halogens is 3. The van der Waals surface area contributed by atoms with Crippen molar-refractivity contribution in [1.82, 2.24) is 5.32 Å². The van der Waals surface area contributed by atoms with Crippen molar-refractivity contribution >= 4 is 5.91 Å². The maximum atomic E-state index is 12.7. The summed E-state index contributed by atoms with van der Waals surface area (Å²) in [6.45, 7) is 3.06. The molecule has 0 saturated heterocycles. The summed E-state index contributed by atoms with van der Waals surface area (Å²) < 4.78 is 43.3.